The van der Waals surface area contributed by atoms with Gasteiger partial charge in [-0.25, -0.2) is 8.42 Å². The first-order valence-corrected chi connectivity index (χ1v) is 6.28. The van der Waals surface area contributed by atoms with Gasteiger partial charge in [0.15, 0.2) is 0 Å². The molecule has 72 valence electrons. The zero-order valence-electron chi connectivity index (χ0n) is 7.45. The van der Waals surface area contributed by atoms with Gasteiger partial charge in [0.1, 0.15) is 9.84 Å². The second kappa shape index (κ2) is 4.23. The lowest BCUT2D eigenvalue weighted by atomic mass is 10.3. The summed E-state index contributed by atoms with van der Waals surface area (Å²) >= 11 is 0. The van der Waals surface area contributed by atoms with Crippen molar-refractivity contribution in [2.75, 3.05) is 18.1 Å². The number of hydrogen-bond donors (Lipinski definition) is 0. The molecule has 0 aromatic rings. The van der Waals surface area contributed by atoms with Gasteiger partial charge in [-0.15, -0.1) is 0 Å². The Hall–Kier alpha value is -0.0900. The monoisotopic (exact) mass is 192 g/mol. The Morgan fingerprint density at radius 2 is 2.08 bits per heavy atom. The Morgan fingerprint density at radius 3 is 2.58 bits per heavy atom. The van der Waals surface area contributed by atoms with E-state index >= 15 is 0 Å². The maximum Gasteiger partial charge on any atom is 0.150 e. The minimum atomic E-state index is -2.76. The molecule has 0 saturated carbocycles. The third-order valence-electron chi connectivity index (χ3n) is 1.90. The van der Waals surface area contributed by atoms with E-state index in [1.54, 1.807) is 0 Å². The molecule has 0 aromatic heterocycles. The van der Waals surface area contributed by atoms with Crippen LogP contribution in [0.3, 0.4) is 0 Å². The van der Waals surface area contributed by atoms with Crippen molar-refractivity contribution >= 4 is 9.84 Å². The number of sulfone groups is 1. The fourth-order valence-electron chi connectivity index (χ4n) is 1.18. The van der Waals surface area contributed by atoms with Crippen molar-refractivity contribution in [2.45, 2.75) is 32.3 Å². The van der Waals surface area contributed by atoms with Crippen LogP contribution in [0.4, 0.5) is 0 Å². The lowest BCUT2D eigenvalue weighted by Gasteiger charge is -2.00. The van der Waals surface area contributed by atoms with Crippen molar-refractivity contribution in [3.63, 3.8) is 0 Å². The van der Waals surface area contributed by atoms with E-state index in [9.17, 15) is 8.42 Å². The Bertz CT molecular complexity index is 216. The molecule has 0 bridgehead atoms. The molecule has 0 radical (unpaired) electrons. The van der Waals surface area contributed by atoms with Gasteiger partial charge < -0.3 is 4.74 Å². The Morgan fingerprint density at radius 1 is 1.42 bits per heavy atom. The zero-order valence-corrected chi connectivity index (χ0v) is 8.27. The van der Waals surface area contributed by atoms with E-state index in [0.29, 0.717) is 17.6 Å². The molecule has 1 aliphatic heterocycles. The van der Waals surface area contributed by atoms with E-state index in [2.05, 4.69) is 0 Å². The van der Waals surface area contributed by atoms with Gasteiger partial charge >= 0.3 is 0 Å². The molecule has 1 heterocycles. The number of rotatable bonds is 6. The summed E-state index contributed by atoms with van der Waals surface area (Å²) in [6.07, 6.45) is 2.75. The molecule has 3 nitrogen and oxygen atoms in total. The first-order valence-electron chi connectivity index (χ1n) is 4.46. The maximum absolute atomic E-state index is 11.2. The first kappa shape index (κ1) is 9.99. The molecule has 0 aliphatic carbocycles. The van der Waals surface area contributed by atoms with Crippen LogP contribution in [0.25, 0.3) is 0 Å². The highest BCUT2D eigenvalue weighted by molar-refractivity contribution is 7.91. The van der Waals surface area contributed by atoms with Crippen LogP contribution < -0.4 is 0 Å². The van der Waals surface area contributed by atoms with E-state index in [4.69, 9.17) is 4.74 Å². The average molecular weight is 192 g/mol. The van der Waals surface area contributed by atoms with E-state index in [1.807, 2.05) is 6.92 Å². The molecule has 4 heteroatoms. The van der Waals surface area contributed by atoms with Crippen molar-refractivity contribution in [2.24, 2.45) is 0 Å². The molecule has 1 fully saturated rings. The molecule has 0 aromatic carbocycles. The van der Waals surface area contributed by atoms with Crippen molar-refractivity contribution in [1.82, 2.24) is 0 Å². The van der Waals surface area contributed by atoms with E-state index < -0.39 is 9.84 Å². The summed E-state index contributed by atoms with van der Waals surface area (Å²) in [6, 6.07) is 0. The van der Waals surface area contributed by atoms with E-state index in [-0.39, 0.29) is 0 Å². The fraction of sp³-hybridized carbons (Fsp3) is 1.00. The summed E-state index contributed by atoms with van der Waals surface area (Å²) in [5.74, 6) is 0.666. The molecule has 0 spiro atoms. The summed E-state index contributed by atoms with van der Waals surface area (Å²) in [7, 11) is -2.76. The number of ether oxygens (including phenoxy) is 1. The molecular formula is C8H16O3S. The number of epoxide rings is 1. The summed E-state index contributed by atoms with van der Waals surface area (Å²) in [5, 5.41) is 0. The largest absolute Gasteiger partial charge is 0.373 e. The standard InChI is InChI=1S/C8H16O3S/c1-2-5-12(9,10)6-3-4-8-7-11-8/h8H,2-7H2,1H3. The summed E-state index contributed by atoms with van der Waals surface area (Å²) < 4.78 is 27.4. The van der Waals surface area contributed by atoms with Crippen LogP contribution in [0.5, 0.6) is 0 Å². The smallest absolute Gasteiger partial charge is 0.150 e. The van der Waals surface area contributed by atoms with Crippen molar-refractivity contribution in [3.05, 3.63) is 0 Å². The molecule has 1 rings (SSSR count). The van der Waals surface area contributed by atoms with Gasteiger partial charge in [0.25, 0.3) is 0 Å². The SMILES string of the molecule is CCCS(=O)(=O)CCCC1CO1. The van der Waals surface area contributed by atoms with Crippen molar-refractivity contribution in [3.8, 4) is 0 Å². The molecule has 0 amide bonds. The molecule has 1 atom stereocenters. The van der Waals surface area contributed by atoms with Gasteiger partial charge in [0.2, 0.25) is 0 Å². The fourth-order valence-corrected chi connectivity index (χ4v) is 2.61. The number of hydrogen-bond acceptors (Lipinski definition) is 3. The van der Waals surface area contributed by atoms with Gasteiger partial charge in [-0.1, -0.05) is 6.92 Å². The van der Waals surface area contributed by atoms with Crippen LogP contribution in [0.15, 0.2) is 0 Å². The van der Waals surface area contributed by atoms with Crippen molar-refractivity contribution in [1.29, 1.82) is 0 Å². The van der Waals surface area contributed by atoms with Gasteiger partial charge in [0.05, 0.1) is 18.5 Å². The summed E-state index contributed by atoms with van der Waals surface area (Å²) in [4.78, 5) is 0. The van der Waals surface area contributed by atoms with Crippen LogP contribution in [0.2, 0.25) is 0 Å². The topological polar surface area (TPSA) is 46.7 Å². The summed E-state index contributed by atoms with van der Waals surface area (Å²) in [6.45, 7) is 2.72. The predicted molar refractivity (Wildman–Crippen MR) is 47.9 cm³/mol. The van der Waals surface area contributed by atoms with Crippen LogP contribution in [-0.2, 0) is 14.6 Å². The zero-order chi connectivity index (χ0) is 9.03. The molecule has 0 N–H and O–H groups in total. The molecule has 12 heavy (non-hydrogen) atoms. The molecule has 1 aliphatic rings. The quantitative estimate of drug-likeness (QED) is 0.590. The lowest BCUT2D eigenvalue weighted by molar-refractivity contribution is 0.395. The molecular weight excluding hydrogens is 176 g/mol. The second-order valence-corrected chi connectivity index (χ2v) is 5.55. The normalized spacial score (nSPS) is 22.6. The van der Waals surface area contributed by atoms with Gasteiger partial charge in [-0.2, -0.15) is 0 Å². The minimum absolute atomic E-state index is 0.332. The predicted octanol–water partition coefficient (Wildman–Crippen LogP) is 0.990. The van der Waals surface area contributed by atoms with Crippen LogP contribution in [-0.4, -0.2) is 32.6 Å². The highest BCUT2D eigenvalue weighted by Gasteiger charge is 2.22. The van der Waals surface area contributed by atoms with Gasteiger partial charge in [0, 0.05) is 5.75 Å². The Balaban J connectivity index is 2.10. The maximum atomic E-state index is 11.2. The molecule has 1 unspecified atom stereocenters. The molecule has 1 saturated heterocycles. The highest BCUT2D eigenvalue weighted by atomic mass is 32.2. The Kier molecular flexibility index (Phi) is 3.53. The van der Waals surface area contributed by atoms with Gasteiger partial charge in [-0.3, -0.25) is 0 Å². The minimum Gasteiger partial charge on any atom is -0.373 e. The van der Waals surface area contributed by atoms with Crippen LogP contribution in [0.1, 0.15) is 26.2 Å². The highest BCUT2D eigenvalue weighted by Crippen LogP contribution is 2.15. The average Bonchev–Trinajstić information content (AvgIpc) is 2.70. The lowest BCUT2D eigenvalue weighted by Crippen LogP contribution is -2.10. The van der Waals surface area contributed by atoms with Crippen molar-refractivity contribution < 1.29 is 13.2 Å². The van der Waals surface area contributed by atoms with E-state index in [0.717, 1.165) is 25.9 Å². The summed E-state index contributed by atoms with van der Waals surface area (Å²) in [5.41, 5.74) is 0. The van der Waals surface area contributed by atoms with E-state index in [1.165, 1.54) is 0 Å². The Labute approximate surface area is 74.0 Å². The second-order valence-electron chi connectivity index (χ2n) is 3.25. The van der Waals surface area contributed by atoms with Gasteiger partial charge in [-0.05, 0) is 19.3 Å². The third kappa shape index (κ3) is 4.07. The van der Waals surface area contributed by atoms with Crippen LogP contribution in [0, 0.1) is 0 Å². The first-order chi connectivity index (χ1) is 5.64. The third-order valence-corrected chi connectivity index (χ3v) is 3.84. The van der Waals surface area contributed by atoms with Crippen LogP contribution >= 0.6 is 0 Å².